The maximum Gasteiger partial charge on any atom is 0.253 e. The van der Waals surface area contributed by atoms with Crippen LogP contribution in [0.3, 0.4) is 0 Å². The molecule has 0 bridgehead atoms. The summed E-state index contributed by atoms with van der Waals surface area (Å²) in [5, 5.41) is 0. The number of aromatic nitrogens is 3. The predicted octanol–water partition coefficient (Wildman–Crippen LogP) is 2.56. The molecule has 1 unspecified atom stereocenters. The van der Waals surface area contributed by atoms with Crippen LogP contribution in [0.25, 0.3) is 22.4 Å². The van der Waals surface area contributed by atoms with Gasteiger partial charge in [-0.05, 0) is 38.1 Å². The molecule has 0 saturated carbocycles. The van der Waals surface area contributed by atoms with Gasteiger partial charge in [-0.2, -0.15) is 0 Å². The first kappa shape index (κ1) is 17.1. The molecule has 0 spiro atoms. The average molecular weight is 339 g/mol. The molecular weight excluding hydrogens is 318 g/mol. The van der Waals surface area contributed by atoms with E-state index >= 15 is 0 Å². The first-order chi connectivity index (χ1) is 11.9. The van der Waals surface area contributed by atoms with Crippen molar-refractivity contribution in [1.29, 1.82) is 0 Å². The molecule has 0 fully saturated rings. The Hall–Kier alpha value is -2.73. The van der Waals surface area contributed by atoms with Crippen molar-refractivity contribution in [3.8, 4) is 11.4 Å². The molecule has 2 heterocycles. The molecule has 3 aromatic rings. The molecule has 1 atom stereocenters. The van der Waals surface area contributed by atoms with Gasteiger partial charge < -0.3 is 13.9 Å². The highest BCUT2D eigenvalue weighted by Crippen LogP contribution is 2.26. The fraction of sp³-hybridized carbons (Fsp3) is 0.316. The number of aldehydes is 1. The maximum atomic E-state index is 12.0. The second-order valence-corrected chi connectivity index (χ2v) is 6.29. The molecule has 25 heavy (non-hydrogen) atoms. The molecule has 0 radical (unpaired) electrons. The zero-order valence-electron chi connectivity index (χ0n) is 14.8. The second-order valence-electron chi connectivity index (χ2n) is 6.29. The van der Waals surface area contributed by atoms with Gasteiger partial charge >= 0.3 is 0 Å². The summed E-state index contributed by atoms with van der Waals surface area (Å²) >= 11 is 0. The van der Waals surface area contributed by atoms with Crippen molar-refractivity contribution in [2.24, 2.45) is 7.05 Å². The minimum absolute atomic E-state index is 0.00414. The zero-order valence-corrected chi connectivity index (χ0v) is 14.8. The standard InChI is InChI=1S/C19H21N3O3/c1-12-7-15(10-21(3)19(12)24)18-20-16-8-14(11-23)5-6-17(16)22(18)9-13(2)25-4/h5-8,10-11,13H,9H2,1-4H3. The number of carbonyl (C=O) groups excluding carboxylic acids is 1. The smallest absolute Gasteiger partial charge is 0.253 e. The molecule has 0 aliphatic carbocycles. The molecule has 0 aliphatic heterocycles. The lowest BCUT2D eigenvalue weighted by atomic mass is 10.2. The number of carbonyl (C=O) groups is 1. The Labute approximate surface area is 145 Å². The highest BCUT2D eigenvalue weighted by molar-refractivity contribution is 5.87. The van der Waals surface area contributed by atoms with Gasteiger partial charge in [-0.1, -0.05) is 0 Å². The van der Waals surface area contributed by atoms with Gasteiger partial charge in [0.25, 0.3) is 5.56 Å². The summed E-state index contributed by atoms with van der Waals surface area (Å²) in [6, 6.07) is 7.29. The zero-order chi connectivity index (χ0) is 18.1. The Morgan fingerprint density at radius 3 is 2.72 bits per heavy atom. The summed E-state index contributed by atoms with van der Waals surface area (Å²) in [4.78, 5) is 27.8. The molecule has 6 nitrogen and oxygen atoms in total. The van der Waals surface area contributed by atoms with Gasteiger partial charge in [-0.25, -0.2) is 4.98 Å². The van der Waals surface area contributed by atoms with Crippen LogP contribution in [0.4, 0.5) is 0 Å². The van der Waals surface area contributed by atoms with E-state index in [2.05, 4.69) is 4.57 Å². The van der Waals surface area contributed by atoms with Crippen molar-refractivity contribution in [2.75, 3.05) is 7.11 Å². The number of benzene rings is 1. The summed E-state index contributed by atoms with van der Waals surface area (Å²) in [7, 11) is 3.40. The molecule has 0 N–H and O–H groups in total. The van der Waals surface area contributed by atoms with E-state index in [4.69, 9.17) is 9.72 Å². The molecule has 2 aromatic heterocycles. The SMILES string of the molecule is COC(C)Cn1c(-c2cc(C)c(=O)n(C)c2)nc2cc(C=O)ccc21. The van der Waals surface area contributed by atoms with Crippen LogP contribution in [0.5, 0.6) is 0 Å². The van der Waals surface area contributed by atoms with E-state index in [1.807, 2.05) is 19.1 Å². The third-order valence-corrected chi connectivity index (χ3v) is 4.37. The van der Waals surface area contributed by atoms with Crippen molar-refractivity contribution in [1.82, 2.24) is 14.1 Å². The molecule has 6 heteroatoms. The number of pyridine rings is 1. The van der Waals surface area contributed by atoms with Crippen LogP contribution in [0.15, 0.2) is 35.3 Å². The summed E-state index contributed by atoms with van der Waals surface area (Å²) in [6.07, 6.45) is 2.59. The van der Waals surface area contributed by atoms with Crippen molar-refractivity contribution in [3.05, 3.63) is 51.9 Å². The minimum Gasteiger partial charge on any atom is -0.380 e. The number of fused-ring (bicyclic) bond motifs is 1. The van der Waals surface area contributed by atoms with E-state index in [1.54, 1.807) is 44.0 Å². The van der Waals surface area contributed by atoms with Crippen molar-refractivity contribution in [2.45, 2.75) is 26.5 Å². The Morgan fingerprint density at radius 1 is 1.32 bits per heavy atom. The van der Waals surface area contributed by atoms with Gasteiger partial charge in [0.1, 0.15) is 12.1 Å². The maximum absolute atomic E-state index is 12.0. The summed E-state index contributed by atoms with van der Waals surface area (Å²) < 4.78 is 9.04. The summed E-state index contributed by atoms with van der Waals surface area (Å²) in [5.74, 6) is 0.751. The van der Waals surface area contributed by atoms with E-state index in [0.29, 0.717) is 17.7 Å². The first-order valence-corrected chi connectivity index (χ1v) is 8.10. The van der Waals surface area contributed by atoms with Gasteiger partial charge in [-0.3, -0.25) is 9.59 Å². The number of aryl methyl sites for hydroxylation is 2. The fourth-order valence-electron chi connectivity index (χ4n) is 2.96. The number of methoxy groups -OCH3 is 1. The molecule has 130 valence electrons. The van der Waals surface area contributed by atoms with Crippen LogP contribution in [0.2, 0.25) is 0 Å². The van der Waals surface area contributed by atoms with Crippen LogP contribution in [0, 0.1) is 6.92 Å². The van der Waals surface area contributed by atoms with Crippen LogP contribution in [0.1, 0.15) is 22.8 Å². The third-order valence-electron chi connectivity index (χ3n) is 4.37. The van der Waals surface area contributed by atoms with Gasteiger partial charge in [0.05, 0.1) is 23.7 Å². The Morgan fingerprint density at radius 2 is 2.08 bits per heavy atom. The quantitative estimate of drug-likeness (QED) is 0.670. The lowest BCUT2D eigenvalue weighted by Gasteiger charge is -2.15. The molecule has 1 aromatic carbocycles. The molecule has 0 aliphatic rings. The van der Waals surface area contributed by atoms with Crippen molar-refractivity contribution >= 4 is 17.3 Å². The second kappa shape index (κ2) is 6.64. The van der Waals surface area contributed by atoms with E-state index in [1.165, 1.54) is 0 Å². The van der Waals surface area contributed by atoms with Gasteiger partial charge in [0.2, 0.25) is 0 Å². The monoisotopic (exact) mass is 339 g/mol. The number of rotatable bonds is 5. The Kier molecular flexibility index (Phi) is 4.55. The Balaban J connectivity index is 2.27. The number of nitrogens with zero attached hydrogens (tertiary/aromatic N) is 3. The number of imidazole rings is 1. The van der Waals surface area contributed by atoms with E-state index in [9.17, 15) is 9.59 Å². The lowest BCUT2D eigenvalue weighted by molar-refractivity contribution is 0.104. The van der Waals surface area contributed by atoms with Gasteiger partial charge in [0.15, 0.2) is 0 Å². The summed E-state index contributed by atoms with van der Waals surface area (Å²) in [5.41, 5.74) is 3.74. The van der Waals surface area contributed by atoms with Gasteiger partial charge in [0, 0.05) is 37.0 Å². The topological polar surface area (TPSA) is 66.1 Å². The molecule has 3 rings (SSSR count). The van der Waals surface area contributed by atoms with E-state index in [0.717, 1.165) is 28.7 Å². The highest BCUT2D eigenvalue weighted by Gasteiger charge is 2.16. The van der Waals surface area contributed by atoms with E-state index < -0.39 is 0 Å². The van der Waals surface area contributed by atoms with Gasteiger partial charge in [-0.15, -0.1) is 0 Å². The van der Waals surface area contributed by atoms with Crippen molar-refractivity contribution in [3.63, 3.8) is 0 Å². The molecule has 0 saturated heterocycles. The Bertz CT molecular complexity index is 975. The highest BCUT2D eigenvalue weighted by atomic mass is 16.5. The molecular formula is C19H21N3O3. The molecule has 0 amide bonds. The summed E-state index contributed by atoms with van der Waals surface area (Å²) in [6.45, 7) is 4.40. The lowest BCUT2D eigenvalue weighted by Crippen LogP contribution is -2.19. The van der Waals surface area contributed by atoms with Crippen LogP contribution < -0.4 is 5.56 Å². The third kappa shape index (κ3) is 3.13. The normalized spacial score (nSPS) is 12.5. The van der Waals surface area contributed by atoms with Crippen LogP contribution >= 0.6 is 0 Å². The van der Waals surface area contributed by atoms with Crippen LogP contribution in [-0.2, 0) is 18.3 Å². The van der Waals surface area contributed by atoms with Crippen LogP contribution in [-0.4, -0.2) is 33.6 Å². The fourth-order valence-corrected chi connectivity index (χ4v) is 2.96. The first-order valence-electron chi connectivity index (χ1n) is 8.10. The van der Waals surface area contributed by atoms with E-state index in [-0.39, 0.29) is 11.7 Å². The number of hydrogen-bond acceptors (Lipinski definition) is 4. The average Bonchev–Trinajstić information content (AvgIpc) is 2.96. The van der Waals surface area contributed by atoms with Crippen molar-refractivity contribution < 1.29 is 9.53 Å². The predicted molar refractivity (Wildman–Crippen MR) is 97.0 cm³/mol. The largest absolute Gasteiger partial charge is 0.380 e. The minimum atomic E-state index is -0.0279. The number of hydrogen-bond donors (Lipinski definition) is 0. The number of ether oxygens (including phenoxy) is 1.